The summed E-state index contributed by atoms with van der Waals surface area (Å²) in [5.74, 6) is 1.50. The summed E-state index contributed by atoms with van der Waals surface area (Å²) >= 11 is 11.7. The molecule has 26 heavy (non-hydrogen) atoms. The van der Waals surface area contributed by atoms with Crippen LogP contribution >= 0.6 is 23.8 Å². The number of hydrogen-bond acceptors (Lipinski definition) is 3. The van der Waals surface area contributed by atoms with Crippen LogP contribution in [0, 0.1) is 6.92 Å². The second-order valence-electron chi connectivity index (χ2n) is 6.06. The van der Waals surface area contributed by atoms with Crippen molar-refractivity contribution in [2.75, 3.05) is 33.1 Å². The monoisotopic (exact) mass is 392 g/mol. The Hall–Kier alpha value is -1.98. The molecule has 0 radical (unpaired) electrons. The SMILES string of the molecule is COc1ccc(CCCN(C)C(=S)Nc2cccc(Cl)c2C)cc1OC. The first-order valence-corrected chi connectivity index (χ1v) is 9.23. The maximum Gasteiger partial charge on any atom is 0.173 e. The van der Waals surface area contributed by atoms with Crippen LogP contribution in [0.5, 0.6) is 11.5 Å². The summed E-state index contributed by atoms with van der Waals surface area (Å²) in [5.41, 5.74) is 3.14. The highest BCUT2D eigenvalue weighted by Crippen LogP contribution is 2.28. The molecule has 0 aromatic heterocycles. The highest BCUT2D eigenvalue weighted by atomic mass is 35.5. The number of halogens is 1. The number of rotatable bonds is 7. The van der Waals surface area contributed by atoms with Gasteiger partial charge in [0.2, 0.25) is 0 Å². The molecule has 0 unspecified atom stereocenters. The van der Waals surface area contributed by atoms with Gasteiger partial charge in [0, 0.05) is 24.3 Å². The zero-order chi connectivity index (χ0) is 19.1. The van der Waals surface area contributed by atoms with Crippen molar-refractivity contribution in [1.29, 1.82) is 0 Å². The predicted octanol–water partition coefficient (Wildman–Crippen LogP) is 4.93. The van der Waals surface area contributed by atoms with Gasteiger partial charge in [-0.05, 0) is 67.4 Å². The standard InChI is InChI=1S/C20H25ClN2O2S/c1-14-16(21)8-5-9-17(14)22-20(26)23(2)12-6-7-15-10-11-18(24-3)19(13-15)25-4/h5,8-11,13H,6-7,12H2,1-4H3,(H,22,26). The van der Waals surface area contributed by atoms with Gasteiger partial charge in [0.25, 0.3) is 0 Å². The zero-order valence-corrected chi connectivity index (χ0v) is 17.2. The molecule has 1 N–H and O–H groups in total. The third kappa shape index (κ3) is 5.26. The summed E-state index contributed by atoms with van der Waals surface area (Å²) in [4.78, 5) is 2.04. The number of ether oxygens (including phenoxy) is 2. The first-order valence-electron chi connectivity index (χ1n) is 8.44. The molecule has 2 rings (SSSR count). The fourth-order valence-corrected chi connectivity index (χ4v) is 2.99. The van der Waals surface area contributed by atoms with Gasteiger partial charge in [-0.1, -0.05) is 23.7 Å². The van der Waals surface area contributed by atoms with E-state index in [1.54, 1.807) is 14.2 Å². The second kappa shape index (κ2) is 9.64. The second-order valence-corrected chi connectivity index (χ2v) is 6.85. The van der Waals surface area contributed by atoms with Gasteiger partial charge >= 0.3 is 0 Å². The number of nitrogens with one attached hydrogen (secondary N) is 1. The average Bonchev–Trinajstić information content (AvgIpc) is 2.65. The summed E-state index contributed by atoms with van der Waals surface area (Å²) in [6.45, 7) is 2.82. The van der Waals surface area contributed by atoms with Crippen molar-refractivity contribution in [3.8, 4) is 11.5 Å². The van der Waals surface area contributed by atoms with Crippen LogP contribution in [0.4, 0.5) is 5.69 Å². The van der Waals surface area contributed by atoms with Gasteiger partial charge in [-0.3, -0.25) is 0 Å². The summed E-state index contributed by atoms with van der Waals surface area (Å²) in [6, 6.07) is 11.8. The van der Waals surface area contributed by atoms with Crippen LogP contribution in [-0.4, -0.2) is 37.8 Å². The maximum atomic E-state index is 6.16. The Labute approximate surface area is 166 Å². The Balaban J connectivity index is 1.87. The number of methoxy groups -OCH3 is 2. The van der Waals surface area contributed by atoms with Crippen LogP contribution in [0.25, 0.3) is 0 Å². The number of nitrogens with zero attached hydrogens (tertiary/aromatic N) is 1. The first-order chi connectivity index (χ1) is 12.5. The van der Waals surface area contributed by atoms with Gasteiger partial charge in [0.05, 0.1) is 14.2 Å². The maximum absolute atomic E-state index is 6.16. The quantitative estimate of drug-likeness (QED) is 0.676. The van der Waals surface area contributed by atoms with E-state index in [0.29, 0.717) is 5.11 Å². The van der Waals surface area contributed by atoms with E-state index in [0.717, 1.165) is 47.2 Å². The number of benzene rings is 2. The van der Waals surface area contributed by atoms with Crippen molar-refractivity contribution in [2.24, 2.45) is 0 Å². The van der Waals surface area contributed by atoms with Gasteiger partial charge in [0.15, 0.2) is 16.6 Å². The third-order valence-corrected chi connectivity index (χ3v) is 5.09. The molecule has 0 atom stereocenters. The van der Waals surface area contributed by atoms with Gasteiger partial charge in [-0.15, -0.1) is 0 Å². The molecular formula is C20H25ClN2O2S. The molecule has 0 saturated heterocycles. The molecule has 0 amide bonds. The van der Waals surface area contributed by atoms with E-state index in [-0.39, 0.29) is 0 Å². The van der Waals surface area contributed by atoms with Crippen molar-refractivity contribution >= 4 is 34.6 Å². The van der Waals surface area contributed by atoms with E-state index >= 15 is 0 Å². The van der Waals surface area contributed by atoms with Crippen molar-refractivity contribution in [2.45, 2.75) is 19.8 Å². The van der Waals surface area contributed by atoms with Crippen molar-refractivity contribution in [1.82, 2.24) is 4.90 Å². The minimum absolute atomic E-state index is 0.683. The lowest BCUT2D eigenvalue weighted by molar-refractivity contribution is 0.354. The normalized spacial score (nSPS) is 10.3. The highest BCUT2D eigenvalue weighted by Gasteiger charge is 2.09. The van der Waals surface area contributed by atoms with Crippen molar-refractivity contribution < 1.29 is 9.47 Å². The lowest BCUT2D eigenvalue weighted by Crippen LogP contribution is -2.32. The van der Waals surface area contributed by atoms with Crippen molar-refractivity contribution in [3.63, 3.8) is 0 Å². The smallest absolute Gasteiger partial charge is 0.173 e. The molecule has 0 aliphatic carbocycles. The molecule has 4 nitrogen and oxygen atoms in total. The van der Waals surface area contributed by atoms with E-state index in [9.17, 15) is 0 Å². The summed E-state index contributed by atoms with van der Waals surface area (Å²) in [6.07, 6.45) is 1.91. The fraction of sp³-hybridized carbons (Fsp3) is 0.350. The van der Waals surface area contributed by atoms with E-state index in [2.05, 4.69) is 11.4 Å². The Morgan fingerprint density at radius 3 is 2.58 bits per heavy atom. The van der Waals surface area contributed by atoms with E-state index in [1.165, 1.54) is 5.56 Å². The Morgan fingerprint density at radius 2 is 1.88 bits per heavy atom. The van der Waals surface area contributed by atoms with Crippen LogP contribution < -0.4 is 14.8 Å². The molecule has 0 fully saturated rings. The van der Waals surface area contributed by atoms with Crippen LogP contribution in [0.2, 0.25) is 5.02 Å². The molecule has 0 heterocycles. The predicted molar refractivity (Wildman–Crippen MR) is 113 cm³/mol. The van der Waals surface area contributed by atoms with Crippen LogP contribution in [-0.2, 0) is 6.42 Å². The van der Waals surface area contributed by atoms with E-state index < -0.39 is 0 Å². The van der Waals surface area contributed by atoms with Gasteiger partial charge in [0.1, 0.15) is 0 Å². The van der Waals surface area contributed by atoms with Gasteiger partial charge < -0.3 is 19.7 Å². The largest absolute Gasteiger partial charge is 0.493 e. The van der Waals surface area contributed by atoms with E-state index in [1.807, 2.05) is 49.2 Å². The molecule has 0 aliphatic rings. The Bertz CT molecular complexity index is 767. The van der Waals surface area contributed by atoms with Gasteiger partial charge in [-0.25, -0.2) is 0 Å². The molecule has 0 bridgehead atoms. The van der Waals surface area contributed by atoms with Crippen LogP contribution in [0.15, 0.2) is 36.4 Å². The molecule has 2 aromatic carbocycles. The van der Waals surface area contributed by atoms with Crippen molar-refractivity contribution in [3.05, 3.63) is 52.5 Å². The summed E-state index contributed by atoms with van der Waals surface area (Å²) in [5, 5.41) is 4.68. The summed E-state index contributed by atoms with van der Waals surface area (Å²) < 4.78 is 10.6. The molecule has 0 spiro atoms. The number of aryl methyl sites for hydroxylation is 1. The number of thiocarbonyl (C=S) groups is 1. The highest BCUT2D eigenvalue weighted by molar-refractivity contribution is 7.80. The number of anilines is 1. The lowest BCUT2D eigenvalue weighted by Gasteiger charge is -2.22. The average molecular weight is 393 g/mol. The third-order valence-electron chi connectivity index (χ3n) is 4.26. The lowest BCUT2D eigenvalue weighted by atomic mass is 10.1. The van der Waals surface area contributed by atoms with Crippen LogP contribution in [0.1, 0.15) is 17.5 Å². The fourth-order valence-electron chi connectivity index (χ4n) is 2.61. The molecule has 140 valence electrons. The summed E-state index contributed by atoms with van der Waals surface area (Å²) in [7, 11) is 5.28. The minimum Gasteiger partial charge on any atom is -0.493 e. The van der Waals surface area contributed by atoms with Gasteiger partial charge in [-0.2, -0.15) is 0 Å². The topological polar surface area (TPSA) is 33.7 Å². The van der Waals surface area contributed by atoms with Crippen LogP contribution in [0.3, 0.4) is 0 Å². The Morgan fingerprint density at radius 1 is 1.15 bits per heavy atom. The molecule has 0 aliphatic heterocycles. The molecular weight excluding hydrogens is 368 g/mol. The Kier molecular flexibility index (Phi) is 7.54. The zero-order valence-electron chi connectivity index (χ0n) is 15.6. The molecule has 2 aromatic rings. The first kappa shape index (κ1) is 20.3. The molecule has 6 heteroatoms. The molecule has 0 saturated carbocycles. The van der Waals surface area contributed by atoms with E-state index in [4.69, 9.17) is 33.3 Å². The minimum atomic E-state index is 0.683. The number of hydrogen-bond donors (Lipinski definition) is 1.